The van der Waals surface area contributed by atoms with Gasteiger partial charge in [-0.15, -0.1) is 0 Å². The highest BCUT2D eigenvalue weighted by Gasteiger charge is 2.21. The van der Waals surface area contributed by atoms with Gasteiger partial charge in [0, 0.05) is 5.69 Å². The van der Waals surface area contributed by atoms with E-state index in [2.05, 4.69) is 12.2 Å². The summed E-state index contributed by atoms with van der Waals surface area (Å²) in [5, 5.41) is 2.63. The number of carbonyl (C=O) groups is 1. The number of carbonyl (C=O) groups excluding carboxylic acids is 1. The number of ether oxygens (including phenoxy) is 1. The lowest BCUT2D eigenvalue weighted by Gasteiger charge is -2.16. The van der Waals surface area contributed by atoms with Crippen LogP contribution in [0.1, 0.15) is 55.8 Å². The fourth-order valence-electron chi connectivity index (χ4n) is 3.77. The van der Waals surface area contributed by atoms with E-state index in [-0.39, 0.29) is 5.30 Å². The van der Waals surface area contributed by atoms with Gasteiger partial charge in [-0.25, -0.2) is 0 Å². The molecule has 3 aromatic carbocycles. The first kappa shape index (κ1) is 25.7. The maximum absolute atomic E-state index is 13.4. The lowest BCUT2D eigenvalue weighted by molar-refractivity contribution is 0.102. The van der Waals surface area contributed by atoms with E-state index in [1.54, 1.807) is 12.1 Å². The number of rotatable bonds is 12. The van der Waals surface area contributed by atoms with Gasteiger partial charge in [-0.1, -0.05) is 87.6 Å². The maximum Gasteiger partial charge on any atom is 0.356 e. The van der Waals surface area contributed by atoms with Crippen molar-refractivity contribution in [3.63, 3.8) is 0 Å². The lowest BCUT2D eigenvalue weighted by atomic mass is 9.98. The smallest absolute Gasteiger partial charge is 0.356 e. The second-order valence-corrected chi connectivity index (χ2v) is 9.81. The van der Waals surface area contributed by atoms with Crippen LogP contribution in [0.3, 0.4) is 0 Å². The van der Waals surface area contributed by atoms with E-state index in [9.17, 15) is 19.1 Å². The molecule has 3 aromatic rings. The first-order valence-electron chi connectivity index (χ1n) is 11.7. The van der Waals surface area contributed by atoms with E-state index in [1.165, 1.54) is 43.9 Å². The summed E-state index contributed by atoms with van der Waals surface area (Å²) in [6, 6.07) is 20.8. The molecule has 0 bridgehead atoms. The molecule has 0 radical (unpaired) electrons. The Morgan fingerprint density at radius 3 is 2.32 bits per heavy atom. The van der Waals surface area contributed by atoms with Gasteiger partial charge < -0.3 is 19.8 Å². The minimum atomic E-state index is -4.43. The Morgan fingerprint density at radius 1 is 0.882 bits per heavy atom. The molecule has 0 aliphatic rings. The van der Waals surface area contributed by atoms with Crippen molar-refractivity contribution in [2.24, 2.45) is 0 Å². The zero-order chi connectivity index (χ0) is 24.4. The van der Waals surface area contributed by atoms with E-state index in [0.717, 1.165) is 24.0 Å². The summed E-state index contributed by atoms with van der Waals surface area (Å²) in [6.07, 6.45) is 6.83. The molecule has 7 heteroatoms. The third kappa shape index (κ3) is 7.29. The Kier molecular flexibility index (Phi) is 9.46. The number of anilines is 1. The summed E-state index contributed by atoms with van der Waals surface area (Å²) in [4.78, 5) is 32.3. The number of benzene rings is 3. The molecule has 0 saturated carbocycles. The van der Waals surface area contributed by atoms with Gasteiger partial charge in [-0.2, -0.15) is 0 Å². The fourth-order valence-corrected chi connectivity index (χ4v) is 4.35. The van der Waals surface area contributed by atoms with Crippen molar-refractivity contribution in [1.29, 1.82) is 0 Å². The molecule has 0 aliphatic carbocycles. The van der Waals surface area contributed by atoms with E-state index >= 15 is 0 Å². The van der Waals surface area contributed by atoms with E-state index < -0.39 is 13.5 Å². The van der Waals surface area contributed by atoms with Gasteiger partial charge in [0.2, 0.25) is 0 Å². The van der Waals surface area contributed by atoms with Crippen molar-refractivity contribution in [1.82, 2.24) is 0 Å². The zero-order valence-electron chi connectivity index (χ0n) is 19.4. The molecule has 0 aliphatic heterocycles. The van der Waals surface area contributed by atoms with Gasteiger partial charge in [0.15, 0.2) is 0 Å². The first-order chi connectivity index (χ1) is 16.4. The maximum atomic E-state index is 13.4. The molecule has 1 amide bonds. The van der Waals surface area contributed by atoms with Gasteiger partial charge in [-0.3, -0.25) is 9.36 Å². The molecule has 0 spiro atoms. The Hall–Kier alpha value is -2.92. The quantitative estimate of drug-likeness (QED) is 0.213. The molecular weight excluding hydrogens is 449 g/mol. The molecular formula is C27H32NO5P. The van der Waals surface area contributed by atoms with Gasteiger partial charge in [-0.05, 0) is 41.8 Å². The van der Waals surface area contributed by atoms with Crippen LogP contribution < -0.4 is 15.4 Å². The topological polar surface area (TPSA) is 95.9 Å². The number of amides is 1. The monoisotopic (exact) mass is 481 g/mol. The lowest BCUT2D eigenvalue weighted by Crippen LogP contribution is -2.16. The summed E-state index contributed by atoms with van der Waals surface area (Å²) >= 11 is 0. The van der Waals surface area contributed by atoms with Crippen LogP contribution in [-0.4, -0.2) is 22.3 Å². The fraction of sp³-hybridized carbons (Fsp3) is 0.296. The largest absolute Gasteiger partial charge is 0.493 e. The van der Waals surface area contributed by atoms with Crippen LogP contribution in [0, 0.1) is 0 Å². The summed E-state index contributed by atoms with van der Waals surface area (Å²) in [6.45, 7) is 2.70. The molecule has 0 atom stereocenters. The SMILES string of the molecule is CCCCCCCCOc1cccc(-c2ccccc2)c1C(=O)Nc1cccc(P(=O)(O)O)c1. The summed E-state index contributed by atoms with van der Waals surface area (Å²) in [7, 11) is -4.43. The highest BCUT2D eigenvalue weighted by Crippen LogP contribution is 2.35. The third-order valence-electron chi connectivity index (χ3n) is 5.53. The van der Waals surface area contributed by atoms with Crippen molar-refractivity contribution >= 4 is 24.5 Å². The molecule has 6 nitrogen and oxygen atoms in total. The standard InChI is InChI=1S/C27H32NO5P/c1-2-3-4-5-6-10-19-33-25-18-12-17-24(21-13-8-7-9-14-21)26(25)27(29)28-22-15-11-16-23(20-22)34(30,31)32/h7-9,11-18,20H,2-6,10,19H2,1H3,(H,28,29)(H2,30,31,32). The molecule has 0 fully saturated rings. The Balaban J connectivity index is 1.84. The van der Waals surface area contributed by atoms with Crippen LogP contribution in [0.25, 0.3) is 11.1 Å². The van der Waals surface area contributed by atoms with Crippen molar-refractivity contribution in [3.05, 3.63) is 78.4 Å². The highest BCUT2D eigenvalue weighted by molar-refractivity contribution is 7.60. The van der Waals surface area contributed by atoms with E-state index in [0.29, 0.717) is 23.6 Å². The molecule has 0 saturated heterocycles. The predicted molar refractivity (Wildman–Crippen MR) is 137 cm³/mol. The highest BCUT2D eigenvalue weighted by atomic mass is 31.2. The summed E-state index contributed by atoms with van der Waals surface area (Å²) in [5.41, 5.74) is 2.29. The van der Waals surface area contributed by atoms with Crippen LogP contribution in [-0.2, 0) is 4.57 Å². The first-order valence-corrected chi connectivity index (χ1v) is 13.3. The van der Waals surface area contributed by atoms with Crippen molar-refractivity contribution in [2.45, 2.75) is 45.4 Å². The van der Waals surface area contributed by atoms with Crippen LogP contribution in [0.2, 0.25) is 0 Å². The molecule has 180 valence electrons. The number of nitrogens with one attached hydrogen (secondary N) is 1. The molecule has 3 N–H and O–H groups in total. The number of hydrogen-bond donors (Lipinski definition) is 3. The van der Waals surface area contributed by atoms with Crippen molar-refractivity contribution < 1.29 is 23.9 Å². The van der Waals surface area contributed by atoms with Gasteiger partial charge >= 0.3 is 7.60 Å². The Bertz CT molecular complexity index is 1130. The second-order valence-electron chi connectivity index (χ2n) is 8.21. The van der Waals surface area contributed by atoms with Crippen LogP contribution in [0.15, 0.2) is 72.8 Å². The minimum Gasteiger partial charge on any atom is -0.493 e. The summed E-state index contributed by atoms with van der Waals surface area (Å²) < 4.78 is 17.7. The average molecular weight is 482 g/mol. The molecule has 0 unspecified atom stereocenters. The molecule has 0 aromatic heterocycles. The van der Waals surface area contributed by atoms with Crippen molar-refractivity contribution in [2.75, 3.05) is 11.9 Å². The van der Waals surface area contributed by atoms with Gasteiger partial charge in [0.1, 0.15) is 5.75 Å². The predicted octanol–water partition coefficient (Wildman–Crippen LogP) is 6.15. The van der Waals surface area contributed by atoms with Crippen molar-refractivity contribution in [3.8, 4) is 16.9 Å². The average Bonchev–Trinajstić information content (AvgIpc) is 2.83. The van der Waals surface area contributed by atoms with Crippen LogP contribution >= 0.6 is 7.60 Å². The Morgan fingerprint density at radius 2 is 1.59 bits per heavy atom. The zero-order valence-corrected chi connectivity index (χ0v) is 20.3. The van der Waals surface area contributed by atoms with E-state index in [4.69, 9.17) is 4.74 Å². The van der Waals surface area contributed by atoms with Gasteiger partial charge in [0.25, 0.3) is 5.91 Å². The summed E-state index contributed by atoms with van der Waals surface area (Å²) in [5.74, 6) is 0.0822. The van der Waals surface area contributed by atoms with Crippen LogP contribution in [0.4, 0.5) is 5.69 Å². The van der Waals surface area contributed by atoms with Crippen LogP contribution in [0.5, 0.6) is 5.75 Å². The second kappa shape index (κ2) is 12.5. The molecule has 34 heavy (non-hydrogen) atoms. The third-order valence-corrected chi connectivity index (χ3v) is 6.48. The minimum absolute atomic E-state index is 0.152. The normalized spacial score (nSPS) is 11.3. The van der Waals surface area contributed by atoms with E-state index in [1.807, 2.05) is 42.5 Å². The molecule has 0 heterocycles. The number of unbranched alkanes of at least 4 members (excludes halogenated alkanes) is 5. The molecule has 3 rings (SSSR count). The Labute approximate surface area is 201 Å². The number of hydrogen-bond acceptors (Lipinski definition) is 3. The van der Waals surface area contributed by atoms with Gasteiger partial charge in [0.05, 0.1) is 17.5 Å².